The number of hydrogen-bond donors (Lipinski definition) is 2. The van der Waals surface area contributed by atoms with E-state index in [0.29, 0.717) is 31.1 Å². The van der Waals surface area contributed by atoms with E-state index in [4.69, 9.17) is 0 Å². The van der Waals surface area contributed by atoms with Crippen LogP contribution in [0.1, 0.15) is 29.6 Å². The molecular formula is C20H25N3O4S2. The Hall–Kier alpha value is -1.84. The summed E-state index contributed by atoms with van der Waals surface area (Å²) in [6.07, 6.45) is 4.33. The highest BCUT2D eigenvalue weighted by Gasteiger charge is 2.45. The molecule has 156 valence electrons. The summed E-state index contributed by atoms with van der Waals surface area (Å²) >= 11 is 1.62. The Labute approximate surface area is 175 Å². The van der Waals surface area contributed by atoms with E-state index >= 15 is 0 Å². The number of carbonyl (C=O) groups is 2. The van der Waals surface area contributed by atoms with E-state index in [1.54, 1.807) is 23.9 Å². The maximum absolute atomic E-state index is 13.0. The van der Waals surface area contributed by atoms with Crippen LogP contribution in [0.4, 0.5) is 0 Å². The Morgan fingerprint density at radius 2 is 1.93 bits per heavy atom. The highest BCUT2D eigenvalue weighted by atomic mass is 32.2. The first-order valence-corrected chi connectivity index (χ1v) is 12.2. The van der Waals surface area contributed by atoms with Gasteiger partial charge in [-0.3, -0.25) is 9.59 Å². The van der Waals surface area contributed by atoms with Gasteiger partial charge >= 0.3 is 0 Å². The average Bonchev–Trinajstić information content (AvgIpc) is 3.34. The van der Waals surface area contributed by atoms with Gasteiger partial charge in [-0.15, -0.1) is 11.8 Å². The van der Waals surface area contributed by atoms with E-state index in [1.807, 2.05) is 0 Å². The zero-order valence-corrected chi connectivity index (χ0v) is 17.7. The van der Waals surface area contributed by atoms with Crippen LogP contribution in [0, 0.1) is 11.8 Å². The van der Waals surface area contributed by atoms with E-state index < -0.39 is 10.0 Å². The van der Waals surface area contributed by atoms with Gasteiger partial charge in [-0.25, -0.2) is 8.42 Å². The number of thioether (sulfide) groups is 1. The normalized spacial score (nSPS) is 26.7. The first-order valence-electron chi connectivity index (χ1n) is 9.83. The molecule has 0 bridgehead atoms. The largest absolute Gasteiger partial charge is 0.352 e. The van der Waals surface area contributed by atoms with E-state index in [9.17, 15) is 18.0 Å². The van der Waals surface area contributed by atoms with Crippen molar-refractivity contribution in [2.24, 2.45) is 11.8 Å². The van der Waals surface area contributed by atoms with Crippen molar-refractivity contribution in [3.05, 3.63) is 42.5 Å². The lowest BCUT2D eigenvalue weighted by molar-refractivity contribution is -0.116. The lowest BCUT2D eigenvalue weighted by Gasteiger charge is -2.19. The van der Waals surface area contributed by atoms with Crippen LogP contribution in [0.25, 0.3) is 0 Å². The van der Waals surface area contributed by atoms with Crippen LogP contribution in [0.3, 0.4) is 0 Å². The first-order chi connectivity index (χ1) is 13.9. The predicted molar refractivity (Wildman–Crippen MR) is 112 cm³/mol. The quantitative estimate of drug-likeness (QED) is 0.634. The van der Waals surface area contributed by atoms with Gasteiger partial charge in [-0.1, -0.05) is 6.58 Å². The summed E-state index contributed by atoms with van der Waals surface area (Å²) < 4.78 is 27.5. The Kier molecular flexibility index (Phi) is 5.72. The van der Waals surface area contributed by atoms with Crippen LogP contribution in [0.2, 0.25) is 0 Å². The molecule has 1 aliphatic carbocycles. The van der Waals surface area contributed by atoms with Crippen LogP contribution < -0.4 is 10.6 Å². The standard InChI is InChI=1S/C20H25N3O4S2/c1-2-18(24)22-19-9-15-11-23(12-17(15)28-19)29(26,27)16-7-5-14(6-8-16)20(25)21-10-13-3-4-13/h2,5-8,13,15,17,19H,1,3-4,9-12H2,(H,21,25)(H,22,24). The molecule has 7 nitrogen and oxygen atoms in total. The lowest BCUT2D eigenvalue weighted by atomic mass is 10.1. The molecule has 3 unspecified atom stereocenters. The van der Waals surface area contributed by atoms with Crippen molar-refractivity contribution >= 4 is 33.6 Å². The monoisotopic (exact) mass is 435 g/mol. The molecule has 2 aliphatic heterocycles. The predicted octanol–water partition coefficient (Wildman–Crippen LogP) is 1.58. The number of hydrogen-bond acceptors (Lipinski definition) is 5. The molecule has 3 atom stereocenters. The maximum Gasteiger partial charge on any atom is 0.251 e. The average molecular weight is 436 g/mol. The fourth-order valence-electron chi connectivity index (χ4n) is 3.82. The second-order valence-electron chi connectivity index (χ2n) is 7.87. The maximum atomic E-state index is 13.0. The Bertz CT molecular complexity index is 898. The summed E-state index contributed by atoms with van der Waals surface area (Å²) in [5, 5.41) is 5.95. The number of rotatable bonds is 7. The number of benzene rings is 1. The zero-order chi connectivity index (χ0) is 20.6. The van der Waals surface area contributed by atoms with Crippen molar-refractivity contribution in [1.82, 2.24) is 14.9 Å². The second kappa shape index (κ2) is 8.12. The van der Waals surface area contributed by atoms with Gasteiger partial charge in [-0.05, 0) is 61.4 Å². The van der Waals surface area contributed by atoms with Gasteiger partial charge in [0.2, 0.25) is 15.9 Å². The van der Waals surface area contributed by atoms with Crippen LogP contribution >= 0.6 is 11.8 Å². The molecule has 0 radical (unpaired) electrons. The summed E-state index contributed by atoms with van der Waals surface area (Å²) in [5.74, 6) is 0.446. The SMILES string of the molecule is C=CC(=O)NC1CC2CN(S(=O)(=O)c3ccc(C(=O)NCC4CC4)cc3)CC2S1. The van der Waals surface area contributed by atoms with Crippen molar-refractivity contribution in [2.75, 3.05) is 19.6 Å². The number of nitrogens with zero attached hydrogens (tertiary/aromatic N) is 1. The summed E-state index contributed by atoms with van der Waals surface area (Å²) in [6.45, 7) is 5.02. The number of carbonyl (C=O) groups excluding carboxylic acids is 2. The molecule has 3 aliphatic rings. The van der Waals surface area contributed by atoms with E-state index in [-0.39, 0.29) is 33.3 Å². The van der Waals surface area contributed by atoms with E-state index in [2.05, 4.69) is 17.2 Å². The summed E-state index contributed by atoms with van der Waals surface area (Å²) in [7, 11) is -3.60. The third-order valence-electron chi connectivity index (χ3n) is 5.69. The van der Waals surface area contributed by atoms with Crippen LogP contribution in [0.15, 0.2) is 41.8 Å². The van der Waals surface area contributed by atoms with Crippen LogP contribution in [0.5, 0.6) is 0 Å². The van der Waals surface area contributed by atoms with Crippen molar-refractivity contribution < 1.29 is 18.0 Å². The van der Waals surface area contributed by atoms with Crippen molar-refractivity contribution in [2.45, 2.75) is 34.8 Å². The second-order valence-corrected chi connectivity index (χ2v) is 11.3. The van der Waals surface area contributed by atoms with Gasteiger partial charge in [0.1, 0.15) is 0 Å². The third kappa shape index (κ3) is 4.51. The Morgan fingerprint density at radius 1 is 1.21 bits per heavy atom. The molecule has 2 saturated heterocycles. The number of fused-ring (bicyclic) bond motifs is 1. The van der Waals surface area contributed by atoms with Gasteiger partial charge in [0, 0.05) is 30.4 Å². The molecule has 4 rings (SSSR count). The van der Waals surface area contributed by atoms with Crippen molar-refractivity contribution in [3.8, 4) is 0 Å². The molecule has 1 saturated carbocycles. The fourth-order valence-corrected chi connectivity index (χ4v) is 7.09. The minimum absolute atomic E-state index is 0.00814. The molecule has 1 aromatic carbocycles. The molecule has 2 amide bonds. The number of amides is 2. The molecule has 3 fully saturated rings. The van der Waals surface area contributed by atoms with Gasteiger partial charge in [0.05, 0.1) is 10.3 Å². The number of sulfonamides is 1. The highest BCUT2D eigenvalue weighted by molar-refractivity contribution is 8.00. The molecular weight excluding hydrogens is 410 g/mol. The molecule has 9 heteroatoms. The minimum Gasteiger partial charge on any atom is -0.352 e. The lowest BCUT2D eigenvalue weighted by Crippen LogP contribution is -2.33. The topological polar surface area (TPSA) is 95.6 Å². The van der Waals surface area contributed by atoms with Crippen molar-refractivity contribution in [1.29, 1.82) is 0 Å². The fraction of sp³-hybridized carbons (Fsp3) is 0.500. The minimum atomic E-state index is -3.60. The van der Waals surface area contributed by atoms with Gasteiger partial charge in [-0.2, -0.15) is 4.31 Å². The Balaban J connectivity index is 1.36. The summed E-state index contributed by atoms with van der Waals surface area (Å²) in [6, 6.07) is 6.16. The Morgan fingerprint density at radius 3 is 2.55 bits per heavy atom. The highest BCUT2D eigenvalue weighted by Crippen LogP contribution is 2.43. The molecule has 2 N–H and O–H groups in total. The molecule has 29 heavy (non-hydrogen) atoms. The van der Waals surface area contributed by atoms with Crippen LogP contribution in [-0.2, 0) is 14.8 Å². The first kappa shape index (κ1) is 20.4. The molecule has 0 spiro atoms. The van der Waals surface area contributed by atoms with Gasteiger partial charge in [0.25, 0.3) is 5.91 Å². The molecule has 0 aromatic heterocycles. The van der Waals surface area contributed by atoms with Crippen LogP contribution in [-0.4, -0.2) is 54.8 Å². The van der Waals surface area contributed by atoms with E-state index in [0.717, 1.165) is 19.3 Å². The molecule has 1 aromatic rings. The van der Waals surface area contributed by atoms with E-state index in [1.165, 1.54) is 22.5 Å². The number of nitrogens with one attached hydrogen (secondary N) is 2. The zero-order valence-electron chi connectivity index (χ0n) is 16.0. The smallest absolute Gasteiger partial charge is 0.251 e. The summed E-state index contributed by atoms with van der Waals surface area (Å²) in [5.41, 5.74) is 0.472. The van der Waals surface area contributed by atoms with Gasteiger partial charge in [0.15, 0.2) is 0 Å². The molecule has 2 heterocycles. The summed E-state index contributed by atoms with van der Waals surface area (Å²) in [4.78, 5) is 23.8. The van der Waals surface area contributed by atoms with Crippen molar-refractivity contribution in [3.63, 3.8) is 0 Å². The third-order valence-corrected chi connectivity index (χ3v) is 9.06. The van der Waals surface area contributed by atoms with Gasteiger partial charge < -0.3 is 10.6 Å².